The molecule has 0 aliphatic rings. The van der Waals surface area contributed by atoms with E-state index in [1.54, 1.807) is 26.1 Å². The van der Waals surface area contributed by atoms with Crippen LogP contribution in [0.5, 0.6) is 0 Å². The first kappa shape index (κ1) is 35.5. The minimum Gasteiger partial charge on any atom is -0.394 e. The van der Waals surface area contributed by atoms with Crippen molar-refractivity contribution in [3.8, 4) is 0 Å². The molecule has 1 aromatic rings. The normalized spacial score (nSPS) is 15.3. The highest BCUT2D eigenvalue weighted by molar-refractivity contribution is 7.85. The van der Waals surface area contributed by atoms with Gasteiger partial charge in [-0.1, -0.05) is 52.7 Å². The number of aliphatic hydroxyl groups excluding tert-OH is 2. The number of hydrogen-bond donors (Lipinski definition) is 5. The van der Waals surface area contributed by atoms with Crippen LogP contribution in [0.15, 0.2) is 18.2 Å². The van der Waals surface area contributed by atoms with Gasteiger partial charge in [0.1, 0.15) is 6.26 Å². The second-order valence-corrected chi connectivity index (χ2v) is 13.3. The van der Waals surface area contributed by atoms with Crippen LogP contribution in [0.1, 0.15) is 82.0 Å². The van der Waals surface area contributed by atoms with E-state index in [-0.39, 0.29) is 41.9 Å². The average molecular weight is 584 g/mol. The van der Waals surface area contributed by atoms with Crippen molar-refractivity contribution in [3.05, 3.63) is 29.3 Å². The summed E-state index contributed by atoms with van der Waals surface area (Å²) >= 11 is 0. The van der Waals surface area contributed by atoms with Crippen molar-refractivity contribution in [1.29, 1.82) is 0 Å². The molecule has 0 saturated carbocycles. The molecule has 228 valence electrons. The molecule has 0 aromatic heterocycles. The molecule has 0 heterocycles. The summed E-state index contributed by atoms with van der Waals surface area (Å²) in [4.78, 5) is 39.0. The van der Waals surface area contributed by atoms with Crippen molar-refractivity contribution < 1.29 is 28.8 Å². The Bertz CT molecular complexity index is 1020. The Kier molecular flexibility index (Phi) is 14.8. The van der Waals surface area contributed by atoms with E-state index in [0.29, 0.717) is 24.6 Å². The van der Waals surface area contributed by atoms with Crippen LogP contribution in [0, 0.1) is 23.7 Å². The van der Waals surface area contributed by atoms with Gasteiger partial charge in [-0.3, -0.25) is 14.4 Å². The van der Waals surface area contributed by atoms with Crippen LogP contribution in [0.2, 0.25) is 0 Å². The van der Waals surface area contributed by atoms with Gasteiger partial charge in [-0.15, -0.1) is 0 Å². The standard InChI is InChI=1S/C29H50N4O6S/c1-17(2)10-24(26(35)11-20(7)27(36)30-15-18(3)4)31-28(37)21-12-22(14-23(13-21)33(8)40(9)39)29(38)32-25(16-34)19(5)6/h12-14,17-20,24-26,34-35H,10-11,15-16H2,1-9H3,(H,30,36)(H,31,37)(H,32,38)/p+1/t20-,24+,25-,26?,40?/m1/s1. The van der Waals surface area contributed by atoms with Gasteiger partial charge in [0.05, 0.1) is 37.5 Å². The quantitative estimate of drug-likeness (QED) is 0.149. The largest absolute Gasteiger partial charge is 0.394 e. The molecule has 1 rings (SSSR count). The van der Waals surface area contributed by atoms with Crippen LogP contribution < -0.4 is 20.3 Å². The maximum Gasteiger partial charge on any atom is 0.251 e. The molecular formula is C29H51N4O6S+. The second kappa shape index (κ2) is 16.7. The lowest BCUT2D eigenvalue weighted by molar-refractivity contribution is -0.125. The fourth-order valence-electron chi connectivity index (χ4n) is 4.08. The molecule has 0 saturated heterocycles. The topological polar surface area (TPSA) is 148 Å². The second-order valence-electron chi connectivity index (χ2n) is 11.8. The van der Waals surface area contributed by atoms with Gasteiger partial charge in [0, 0.05) is 23.6 Å². The Morgan fingerprint density at radius 3 is 1.82 bits per heavy atom. The summed E-state index contributed by atoms with van der Waals surface area (Å²) in [5.41, 5.74) is 0.768. The highest BCUT2D eigenvalue weighted by Crippen LogP contribution is 2.22. The summed E-state index contributed by atoms with van der Waals surface area (Å²) in [6, 6.07) is 3.44. The van der Waals surface area contributed by atoms with E-state index < -0.39 is 46.9 Å². The van der Waals surface area contributed by atoms with E-state index in [9.17, 15) is 28.8 Å². The Morgan fingerprint density at radius 2 is 1.40 bits per heavy atom. The SMILES string of the molecule is CC(C)CNC(=O)[C@H](C)CC(O)[C@H](CC(C)C)NC(=O)c1cc(C(=O)N[C@H](CO)C(C)C)cc(N(C)[SH+](C)=O)c1. The van der Waals surface area contributed by atoms with Gasteiger partial charge in [0.25, 0.3) is 11.8 Å². The van der Waals surface area contributed by atoms with Crippen LogP contribution in [-0.4, -0.2) is 72.6 Å². The Hall–Kier alpha value is -2.50. The number of carbonyl (C=O) groups is 3. The van der Waals surface area contributed by atoms with Gasteiger partial charge >= 0.3 is 0 Å². The van der Waals surface area contributed by atoms with Gasteiger partial charge in [-0.05, 0) is 48.8 Å². The maximum absolute atomic E-state index is 13.5. The number of rotatable bonds is 16. The van der Waals surface area contributed by atoms with Gasteiger partial charge in [0.15, 0.2) is 11.0 Å². The van der Waals surface area contributed by atoms with E-state index in [2.05, 4.69) is 16.0 Å². The smallest absolute Gasteiger partial charge is 0.251 e. The third-order valence-electron chi connectivity index (χ3n) is 6.79. The molecule has 5 atom stereocenters. The number of benzene rings is 1. The van der Waals surface area contributed by atoms with Gasteiger partial charge in [-0.25, -0.2) is 0 Å². The van der Waals surface area contributed by atoms with E-state index >= 15 is 0 Å². The molecule has 10 nitrogen and oxygen atoms in total. The number of aliphatic hydroxyl groups is 2. The molecule has 0 radical (unpaired) electrons. The minimum absolute atomic E-state index is 0.0131. The fraction of sp³-hybridized carbons (Fsp3) is 0.690. The molecular weight excluding hydrogens is 532 g/mol. The van der Waals surface area contributed by atoms with Crippen LogP contribution in [0.3, 0.4) is 0 Å². The molecule has 0 bridgehead atoms. The monoisotopic (exact) mass is 583 g/mol. The van der Waals surface area contributed by atoms with E-state index in [0.717, 1.165) is 0 Å². The highest BCUT2D eigenvalue weighted by Gasteiger charge is 2.28. The average Bonchev–Trinajstić information content (AvgIpc) is 2.88. The van der Waals surface area contributed by atoms with E-state index in [1.807, 2.05) is 41.5 Å². The first-order valence-corrected chi connectivity index (χ1v) is 15.7. The first-order valence-electron chi connectivity index (χ1n) is 14.0. The van der Waals surface area contributed by atoms with Crippen molar-refractivity contribution in [1.82, 2.24) is 16.0 Å². The van der Waals surface area contributed by atoms with Crippen molar-refractivity contribution in [2.24, 2.45) is 23.7 Å². The number of nitrogens with one attached hydrogen (secondary N) is 3. The molecule has 40 heavy (non-hydrogen) atoms. The van der Waals surface area contributed by atoms with Crippen LogP contribution in [0.25, 0.3) is 0 Å². The number of nitrogens with zero attached hydrogens (tertiary/aromatic N) is 1. The molecule has 11 heteroatoms. The van der Waals surface area contributed by atoms with Crippen LogP contribution in [0.4, 0.5) is 5.69 Å². The molecule has 3 amide bonds. The third-order valence-corrected chi connectivity index (χ3v) is 7.87. The van der Waals surface area contributed by atoms with Crippen LogP contribution in [-0.2, 0) is 20.0 Å². The predicted molar refractivity (Wildman–Crippen MR) is 162 cm³/mol. The van der Waals surface area contributed by atoms with E-state index in [1.165, 1.54) is 16.6 Å². The lowest BCUT2D eigenvalue weighted by Crippen LogP contribution is -2.46. The Balaban J connectivity index is 3.27. The fourth-order valence-corrected chi connectivity index (χ4v) is 4.52. The summed E-state index contributed by atoms with van der Waals surface area (Å²) < 4.78 is 13.7. The van der Waals surface area contributed by atoms with Crippen molar-refractivity contribution in [3.63, 3.8) is 0 Å². The summed E-state index contributed by atoms with van der Waals surface area (Å²) in [7, 11) is -0.182. The molecule has 0 fully saturated rings. The summed E-state index contributed by atoms with van der Waals surface area (Å²) in [6.07, 6.45) is 1.21. The molecule has 0 aliphatic heterocycles. The lowest BCUT2D eigenvalue weighted by atomic mass is 9.92. The summed E-state index contributed by atoms with van der Waals surface area (Å²) in [5, 5.41) is 29.3. The zero-order valence-electron chi connectivity index (χ0n) is 25.5. The van der Waals surface area contributed by atoms with Gasteiger partial charge < -0.3 is 26.2 Å². The van der Waals surface area contributed by atoms with Gasteiger partial charge in [-0.2, -0.15) is 4.31 Å². The third kappa shape index (κ3) is 11.5. The lowest BCUT2D eigenvalue weighted by Gasteiger charge is -2.28. The Labute approximate surface area is 242 Å². The molecule has 5 N–H and O–H groups in total. The van der Waals surface area contributed by atoms with E-state index in [4.69, 9.17) is 0 Å². The highest BCUT2D eigenvalue weighted by atomic mass is 32.2. The molecule has 0 spiro atoms. The maximum atomic E-state index is 13.5. The zero-order chi connectivity index (χ0) is 30.7. The number of thiol groups is 1. The molecule has 1 aromatic carbocycles. The predicted octanol–water partition coefficient (Wildman–Crippen LogP) is 2.41. The summed E-state index contributed by atoms with van der Waals surface area (Å²) in [6.45, 7) is 13.8. The van der Waals surface area contributed by atoms with Crippen molar-refractivity contribution in [2.75, 3.05) is 30.8 Å². The molecule has 2 unspecified atom stereocenters. The van der Waals surface area contributed by atoms with Crippen molar-refractivity contribution >= 4 is 34.4 Å². The number of amides is 3. The number of hydrogen-bond acceptors (Lipinski definition) is 6. The molecule has 0 aliphatic carbocycles. The first-order chi connectivity index (χ1) is 18.6. The number of carbonyl (C=O) groups excluding carboxylic acids is 3. The minimum atomic E-state index is -1.79. The van der Waals surface area contributed by atoms with Crippen molar-refractivity contribution in [2.45, 2.75) is 79.5 Å². The van der Waals surface area contributed by atoms with Crippen LogP contribution >= 0.6 is 0 Å². The Morgan fingerprint density at radius 1 is 0.875 bits per heavy atom. The zero-order valence-corrected chi connectivity index (χ0v) is 26.4. The van der Waals surface area contributed by atoms with Gasteiger partial charge in [0.2, 0.25) is 5.91 Å². The number of anilines is 1. The summed E-state index contributed by atoms with van der Waals surface area (Å²) in [5.74, 6) is -1.12.